The third kappa shape index (κ3) is 3.56. The zero-order valence-electron chi connectivity index (χ0n) is 11.7. The van der Waals surface area contributed by atoms with Crippen LogP contribution in [0.5, 0.6) is 0 Å². The molecular formula is C13H22N2O2S2. The van der Waals surface area contributed by atoms with Crippen LogP contribution in [-0.2, 0) is 16.6 Å². The lowest BCUT2D eigenvalue weighted by Gasteiger charge is -2.18. The summed E-state index contributed by atoms with van der Waals surface area (Å²) in [5.74, 6) is 0. The van der Waals surface area contributed by atoms with E-state index in [0.29, 0.717) is 17.5 Å². The smallest absolute Gasteiger partial charge is 0.244 e. The monoisotopic (exact) mass is 302 g/mol. The summed E-state index contributed by atoms with van der Waals surface area (Å²) in [6.45, 7) is 7.35. The van der Waals surface area contributed by atoms with Crippen molar-refractivity contribution in [1.29, 1.82) is 0 Å². The molecule has 1 aliphatic carbocycles. The Labute approximate surface area is 119 Å². The van der Waals surface area contributed by atoms with Crippen molar-refractivity contribution in [2.75, 3.05) is 6.54 Å². The minimum absolute atomic E-state index is 0.229. The van der Waals surface area contributed by atoms with E-state index in [4.69, 9.17) is 0 Å². The molecule has 0 amide bonds. The Balaban J connectivity index is 2.12. The average molecular weight is 302 g/mol. The molecule has 4 nitrogen and oxygen atoms in total. The largest absolute Gasteiger partial charge is 0.310 e. The molecule has 0 bridgehead atoms. The number of sulfonamides is 1. The topological polar surface area (TPSA) is 49.4 Å². The van der Waals surface area contributed by atoms with Crippen molar-refractivity contribution < 1.29 is 8.42 Å². The number of nitrogens with one attached hydrogen (secondary N) is 1. The fourth-order valence-electron chi connectivity index (χ4n) is 2.02. The molecule has 2 rings (SSSR count). The predicted molar refractivity (Wildman–Crippen MR) is 78.9 cm³/mol. The summed E-state index contributed by atoms with van der Waals surface area (Å²) in [5.41, 5.74) is 0. The first-order valence-corrected chi connectivity index (χ1v) is 9.09. The van der Waals surface area contributed by atoms with E-state index < -0.39 is 10.0 Å². The van der Waals surface area contributed by atoms with Gasteiger partial charge in [0.2, 0.25) is 10.0 Å². The van der Waals surface area contributed by atoms with E-state index >= 15 is 0 Å². The van der Waals surface area contributed by atoms with Crippen LogP contribution in [0.1, 0.15) is 38.5 Å². The summed E-state index contributed by atoms with van der Waals surface area (Å²) < 4.78 is 26.7. The fourth-order valence-corrected chi connectivity index (χ4v) is 4.92. The molecule has 0 aromatic carbocycles. The summed E-state index contributed by atoms with van der Waals surface area (Å²) in [4.78, 5) is 1.52. The second-order valence-electron chi connectivity index (χ2n) is 5.22. The van der Waals surface area contributed by atoms with Gasteiger partial charge in [-0.3, -0.25) is 0 Å². The molecule has 0 atom stereocenters. The van der Waals surface area contributed by atoms with Crippen LogP contribution in [0.3, 0.4) is 0 Å². The van der Waals surface area contributed by atoms with Gasteiger partial charge in [-0.15, -0.1) is 11.3 Å². The zero-order chi connectivity index (χ0) is 14.0. The van der Waals surface area contributed by atoms with Crippen LogP contribution >= 0.6 is 11.3 Å². The summed E-state index contributed by atoms with van der Waals surface area (Å²) in [6.07, 6.45) is 2.00. The molecular weight excluding hydrogens is 280 g/mol. The Morgan fingerprint density at radius 2 is 2.16 bits per heavy atom. The van der Waals surface area contributed by atoms with Gasteiger partial charge in [-0.1, -0.05) is 20.8 Å². The van der Waals surface area contributed by atoms with Crippen LogP contribution in [0.15, 0.2) is 16.3 Å². The molecule has 108 valence electrons. The van der Waals surface area contributed by atoms with E-state index in [0.717, 1.165) is 24.3 Å². The van der Waals surface area contributed by atoms with Gasteiger partial charge in [-0.25, -0.2) is 8.42 Å². The molecule has 0 unspecified atom stereocenters. The first-order valence-electron chi connectivity index (χ1n) is 6.77. The van der Waals surface area contributed by atoms with E-state index in [-0.39, 0.29) is 6.04 Å². The molecule has 1 aromatic rings. The van der Waals surface area contributed by atoms with E-state index in [1.54, 1.807) is 15.8 Å². The van der Waals surface area contributed by atoms with Crippen molar-refractivity contribution >= 4 is 21.4 Å². The molecule has 1 aliphatic rings. The Hall–Kier alpha value is -0.430. The Kier molecular flexibility index (Phi) is 4.66. The van der Waals surface area contributed by atoms with Crippen LogP contribution in [0.25, 0.3) is 0 Å². The molecule has 0 spiro atoms. The van der Waals surface area contributed by atoms with Gasteiger partial charge in [0.05, 0.1) is 4.90 Å². The second kappa shape index (κ2) is 5.91. The molecule has 1 saturated carbocycles. The molecule has 1 fully saturated rings. The Bertz CT molecular complexity index is 519. The van der Waals surface area contributed by atoms with E-state index in [1.165, 1.54) is 11.3 Å². The molecule has 19 heavy (non-hydrogen) atoms. The van der Waals surface area contributed by atoms with E-state index in [1.807, 2.05) is 6.92 Å². The number of hydrogen-bond acceptors (Lipinski definition) is 4. The van der Waals surface area contributed by atoms with Gasteiger partial charge in [0.25, 0.3) is 0 Å². The lowest BCUT2D eigenvalue weighted by atomic mass is 10.4. The fraction of sp³-hybridized carbons (Fsp3) is 0.692. The van der Waals surface area contributed by atoms with Crippen LogP contribution in [0.4, 0.5) is 0 Å². The van der Waals surface area contributed by atoms with Gasteiger partial charge in [0, 0.05) is 35.4 Å². The normalized spacial score (nSPS) is 16.5. The summed E-state index contributed by atoms with van der Waals surface area (Å²) in [7, 11) is -3.29. The van der Waals surface area contributed by atoms with Crippen molar-refractivity contribution in [2.45, 2.75) is 57.1 Å². The lowest BCUT2D eigenvalue weighted by Crippen LogP contribution is -2.32. The maximum atomic E-state index is 12.5. The highest BCUT2D eigenvalue weighted by molar-refractivity contribution is 7.89. The summed E-state index contributed by atoms with van der Waals surface area (Å²) >= 11 is 1.51. The number of hydrogen-bond donors (Lipinski definition) is 1. The minimum atomic E-state index is -3.29. The minimum Gasteiger partial charge on any atom is -0.310 e. The van der Waals surface area contributed by atoms with Crippen molar-refractivity contribution in [3.8, 4) is 0 Å². The highest BCUT2D eigenvalue weighted by Gasteiger charge is 2.37. The van der Waals surface area contributed by atoms with Crippen molar-refractivity contribution in [3.05, 3.63) is 16.3 Å². The van der Waals surface area contributed by atoms with Crippen LogP contribution < -0.4 is 5.32 Å². The van der Waals surface area contributed by atoms with E-state index in [2.05, 4.69) is 19.2 Å². The zero-order valence-corrected chi connectivity index (χ0v) is 13.4. The SMILES string of the molecule is CCN(C1CC1)S(=O)(=O)c1csc(CNC(C)C)c1. The highest BCUT2D eigenvalue weighted by atomic mass is 32.2. The van der Waals surface area contributed by atoms with Crippen LogP contribution in [0, 0.1) is 0 Å². The molecule has 1 heterocycles. The van der Waals surface area contributed by atoms with Crippen LogP contribution in [0.2, 0.25) is 0 Å². The predicted octanol–water partition coefficient (Wildman–Crippen LogP) is 2.42. The quantitative estimate of drug-likeness (QED) is 0.841. The molecule has 1 N–H and O–H groups in total. The maximum absolute atomic E-state index is 12.5. The summed E-state index contributed by atoms with van der Waals surface area (Å²) in [6, 6.07) is 2.44. The Morgan fingerprint density at radius 3 is 2.68 bits per heavy atom. The van der Waals surface area contributed by atoms with Gasteiger partial charge >= 0.3 is 0 Å². The molecule has 0 radical (unpaired) electrons. The number of thiophene rings is 1. The first kappa shape index (κ1) is 15.0. The Morgan fingerprint density at radius 1 is 1.47 bits per heavy atom. The third-order valence-corrected chi connectivity index (χ3v) is 6.28. The van der Waals surface area contributed by atoms with Crippen molar-refractivity contribution in [1.82, 2.24) is 9.62 Å². The van der Waals surface area contributed by atoms with Gasteiger partial charge in [-0.2, -0.15) is 4.31 Å². The molecule has 0 aliphatic heterocycles. The maximum Gasteiger partial charge on any atom is 0.244 e. The average Bonchev–Trinajstić information content (AvgIpc) is 3.04. The third-order valence-electron chi connectivity index (χ3n) is 3.19. The van der Waals surface area contributed by atoms with Crippen molar-refractivity contribution in [3.63, 3.8) is 0 Å². The number of rotatable bonds is 7. The van der Waals surface area contributed by atoms with E-state index in [9.17, 15) is 8.42 Å². The second-order valence-corrected chi connectivity index (χ2v) is 8.11. The van der Waals surface area contributed by atoms with Gasteiger partial charge < -0.3 is 5.32 Å². The molecule has 1 aromatic heterocycles. The van der Waals surface area contributed by atoms with Crippen LogP contribution in [-0.4, -0.2) is 31.4 Å². The van der Waals surface area contributed by atoms with Gasteiger partial charge in [0.15, 0.2) is 0 Å². The standard InChI is InChI=1S/C13H22N2O2S2/c1-4-15(11-5-6-11)19(16,17)13-7-12(18-9-13)8-14-10(2)3/h7,9-11,14H,4-6,8H2,1-3H3. The van der Waals surface area contributed by atoms with Gasteiger partial charge in [-0.05, 0) is 18.9 Å². The van der Waals surface area contributed by atoms with Gasteiger partial charge in [0.1, 0.15) is 0 Å². The molecule has 6 heteroatoms. The number of nitrogens with zero attached hydrogens (tertiary/aromatic N) is 1. The summed E-state index contributed by atoms with van der Waals surface area (Å²) in [5, 5.41) is 5.07. The first-order chi connectivity index (χ1) is 8.95. The molecule has 0 saturated heterocycles. The highest BCUT2D eigenvalue weighted by Crippen LogP contribution is 2.33. The van der Waals surface area contributed by atoms with Crippen molar-refractivity contribution in [2.24, 2.45) is 0 Å². The lowest BCUT2D eigenvalue weighted by molar-refractivity contribution is 0.421.